The molecule has 0 saturated carbocycles. The van der Waals surface area contributed by atoms with Gasteiger partial charge in [-0.15, -0.1) is 0 Å². The van der Waals surface area contributed by atoms with Gasteiger partial charge in [-0.05, 0) is 54.6 Å². The Hall–Kier alpha value is -4.86. The highest BCUT2D eigenvalue weighted by molar-refractivity contribution is 5.81. The van der Waals surface area contributed by atoms with E-state index < -0.39 is 0 Å². The highest BCUT2D eigenvalue weighted by Gasteiger charge is 2.19. The number of pyridine rings is 1. The van der Waals surface area contributed by atoms with E-state index in [-0.39, 0.29) is 23.4 Å². The number of methoxy groups -OCH3 is 1. The van der Waals surface area contributed by atoms with Gasteiger partial charge in [0.1, 0.15) is 23.2 Å². The van der Waals surface area contributed by atoms with Crippen molar-refractivity contribution in [2.75, 3.05) is 18.2 Å². The number of imidazole rings is 1. The van der Waals surface area contributed by atoms with Crippen LogP contribution < -0.4 is 15.8 Å². The number of aromatic nitrogens is 5. The first-order valence-corrected chi connectivity index (χ1v) is 10.5. The highest BCUT2D eigenvalue weighted by Crippen LogP contribution is 2.35. The van der Waals surface area contributed by atoms with Crippen molar-refractivity contribution in [1.29, 1.82) is 0 Å². The van der Waals surface area contributed by atoms with Crippen LogP contribution in [0.5, 0.6) is 5.75 Å². The van der Waals surface area contributed by atoms with Crippen LogP contribution in [0, 0.1) is 11.6 Å². The van der Waals surface area contributed by atoms with Crippen molar-refractivity contribution in [3.63, 3.8) is 0 Å². The first-order valence-electron chi connectivity index (χ1n) is 10.5. The zero-order valence-electron chi connectivity index (χ0n) is 18.5. The number of hydrogen-bond donors (Lipinski definition) is 3. The fourth-order valence-corrected chi connectivity index (χ4v) is 3.51. The number of nitrogens with zero attached hydrogens (tertiary/aromatic N) is 4. The Kier molecular flexibility index (Phi) is 5.76. The molecule has 10 heteroatoms. The minimum atomic E-state index is -0.379. The summed E-state index contributed by atoms with van der Waals surface area (Å²) in [5.74, 6) is 0.688. The van der Waals surface area contributed by atoms with Crippen LogP contribution in [0.3, 0.4) is 0 Å². The maximum Gasteiger partial charge on any atom is 0.227 e. The van der Waals surface area contributed by atoms with Crippen LogP contribution in [0.4, 0.5) is 26.2 Å². The minimum absolute atomic E-state index is 0.246. The lowest BCUT2D eigenvalue weighted by atomic mass is 10.1. The Labute approximate surface area is 198 Å². The second kappa shape index (κ2) is 9.18. The third-order valence-electron chi connectivity index (χ3n) is 5.19. The molecule has 0 aliphatic carbocycles. The Morgan fingerprint density at radius 2 is 1.74 bits per heavy atom. The highest BCUT2D eigenvalue weighted by atomic mass is 19.1. The molecule has 3 heterocycles. The summed E-state index contributed by atoms with van der Waals surface area (Å²) in [7, 11) is 1.50. The van der Waals surface area contributed by atoms with E-state index in [0.717, 1.165) is 0 Å². The lowest BCUT2D eigenvalue weighted by molar-refractivity contribution is 0.415. The van der Waals surface area contributed by atoms with Gasteiger partial charge in [-0.3, -0.25) is 0 Å². The Morgan fingerprint density at radius 1 is 0.914 bits per heavy atom. The molecule has 174 valence electrons. The summed E-state index contributed by atoms with van der Waals surface area (Å²) < 4.78 is 32.4. The van der Waals surface area contributed by atoms with Crippen LogP contribution in [0.2, 0.25) is 0 Å². The molecule has 0 spiro atoms. The molecule has 0 radical (unpaired) electrons. The summed E-state index contributed by atoms with van der Waals surface area (Å²) in [6.07, 6.45) is 3.16. The molecule has 3 aromatic heterocycles. The van der Waals surface area contributed by atoms with Crippen molar-refractivity contribution < 1.29 is 13.5 Å². The second-order valence-electron chi connectivity index (χ2n) is 7.53. The van der Waals surface area contributed by atoms with E-state index in [1.807, 2.05) is 0 Å². The van der Waals surface area contributed by atoms with Crippen LogP contribution in [0.15, 0.2) is 73.1 Å². The molecule has 0 atom stereocenters. The Bertz CT molecular complexity index is 1500. The van der Waals surface area contributed by atoms with Crippen LogP contribution in [-0.2, 0) is 0 Å². The van der Waals surface area contributed by atoms with Crippen molar-refractivity contribution in [2.24, 2.45) is 0 Å². The van der Waals surface area contributed by atoms with Gasteiger partial charge in [0.05, 0.1) is 18.5 Å². The van der Waals surface area contributed by atoms with Crippen LogP contribution >= 0.6 is 0 Å². The van der Waals surface area contributed by atoms with Gasteiger partial charge in [-0.2, -0.15) is 0 Å². The lowest BCUT2D eigenvalue weighted by Gasteiger charge is -2.08. The number of nitrogen functional groups attached to an aromatic ring is 1. The number of benzene rings is 2. The van der Waals surface area contributed by atoms with Gasteiger partial charge in [0.15, 0.2) is 11.6 Å². The van der Waals surface area contributed by atoms with E-state index in [0.29, 0.717) is 45.5 Å². The third-order valence-corrected chi connectivity index (χ3v) is 5.19. The van der Waals surface area contributed by atoms with E-state index in [1.165, 1.54) is 31.4 Å². The van der Waals surface area contributed by atoms with Crippen molar-refractivity contribution >= 4 is 17.5 Å². The maximum absolute atomic E-state index is 13.6. The fraction of sp³-hybridized carbons (Fsp3) is 0.0400. The van der Waals surface area contributed by atoms with E-state index in [9.17, 15) is 8.78 Å². The van der Waals surface area contributed by atoms with E-state index in [2.05, 4.69) is 25.3 Å². The quantitative estimate of drug-likeness (QED) is 0.311. The van der Waals surface area contributed by atoms with Crippen molar-refractivity contribution in [3.8, 4) is 39.8 Å². The zero-order chi connectivity index (χ0) is 24.4. The van der Waals surface area contributed by atoms with Crippen molar-refractivity contribution in [1.82, 2.24) is 24.9 Å². The number of ether oxygens (including phenoxy) is 1. The first-order chi connectivity index (χ1) is 17.0. The van der Waals surface area contributed by atoms with Gasteiger partial charge < -0.3 is 20.8 Å². The van der Waals surface area contributed by atoms with Gasteiger partial charge in [0, 0.05) is 29.2 Å². The molecule has 0 aliphatic heterocycles. The summed E-state index contributed by atoms with van der Waals surface area (Å²) in [5.41, 5.74) is 9.33. The molecule has 5 rings (SSSR count). The maximum atomic E-state index is 13.6. The summed E-state index contributed by atoms with van der Waals surface area (Å²) >= 11 is 0. The smallest absolute Gasteiger partial charge is 0.227 e. The molecule has 0 fully saturated rings. The zero-order valence-corrected chi connectivity index (χ0v) is 18.5. The van der Waals surface area contributed by atoms with Gasteiger partial charge in [0.25, 0.3) is 0 Å². The largest absolute Gasteiger partial charge is 0.493 e. The molecule has 8 nitrogen and oxygen atoms in total. The number of halogens is 2. The normalized spacial score (nSPS) is 10.8. The molecule has 2 aromatic carbocycles. The lowest BCUT2D eigenvalue weighted by Crippen LogP contribution is -1.99. The topological polar surface area (TPSA) is 115 Å². The molecule has 4 N–H and O–H groups in total. The summed E-state index contributed by atoms with van der Waals surface area (Å²) in [4.78, 5) is 21.0. The molecular weight excluding hydrogens is 452 g/mol. The summed E-state index contributed by atoms with van der Waals surface area (Å²) in [6.45, 7) is 0. The van der Waals surface area contributed by atoms with Gasteiger partial charge >= 0.3 is 0 Å². The molecular formula is C25H19F2N7O. The molecule has 35 heavy (non-hydrogen) atoms. The molecule has 0 bridgehead atoms. The number of aromatic amines is 1. The molecule has 0 amide bonds. The number of nitrogens with one attached hydrogen (secondary N) is 2. The summed E-state index contributed by atoms with van der Waals surface area (Å²) in [6, 6.07) is 15.4. The Balaban J connectivity index is 1.61. The second-order valence-corrected chi connectivity index (χ2v) is 7.53. The molecule has 0 aliphatic rings. The molecule has 0 unspecified atom stereocenters. The average molecular weight is 471 g/mol. The third kappa shape index (κ3) is 4.62. The van der Waals surface area contributed by atoms with Crippen LogP contribution in [0.1, 0.15) is 0 Å². The number of anilines is 3. The number of hydrogen-bond acceptors (Lipinski definition) is 7. The standard InChI is InChI=1S/C25H19F2N7O/c1-35-20-11-15(13-30-23(20)28)21-22(34-24(33-21)14-5-7-16(26)8-6-14)19-9-10-29-25(32-19)31-18-4-2-3-17(27)12-18/h2-13H,1H3,(H2,28,30)(H,33,34)(H,29,31,32). The monoisotopic (exact) mass is 471 g/mol. The first kappa shape index (κ1) is 22.0. The van der Waals surface area contributed by atoms with Crippen molar-refractivity contribution in [3.05, 3.63) is 84.7 Å². The van der Waals surface area contributed by atoms with Crippen molar-refractivity contribution in [2.45, 2.75) is 0 Å². The van der Waals surface area contributed by atoms with Gasteiger partial charge in [0.2, 0.25) is 5.95 Å². The van der Waals surface area contributed by atoms with Gasteiger partial charge in [-0.1, -0.05) is 6.07 Å². The van der Waals surface area contributed by atoms with Crippen LogP contribution in [0.25, 0.3) is 34.0 Å². The number of H-pyrrole nitrogens is 1. The molecule has 5 aromatic rings. The number of nitrogens with two attached hydrogens (primary N) is 1. The van der Waals surface area contributed by atoms with Gasteiger partial charge in [-0.25, -0.2) is 28.7 Å². The minimum Gasteiger partial charge on any atom is -0.493 e. The number of rotatable bonds is 6. The van der Waals surface area contributed by atoms with E-state index in [1.54, 1.807) is 48.8 Å². The predicted molar refractivity (Wildman–Crippen MR) is 129 cm³/mol. The fourth-order valence-electron chi connectivity index (χ4n) is 3.51. The Morgan fingerprint density at radius 3 is 2.51 bits per heavy atom. The predicted octanol–water partition coefficient (Wildman–Crippen LogP) is 5.21. The van der Waals surface area contributed by atoms with E-state index >= 15 is 0 Å². The molecule has 0 saturated heterocycles. The van der Waals surface area contributed by atoms with Crippen LogP contribution in [-0.4, -0.2) is 32.0 Å². The summed E-state index contributed by atoms with van der Waals surface area (Å²) in [5, 5.41) is 3.00. The average Bonchev–Trinajstić information content (AvgIpc) is 3.30. The SMILES string of the molecule is COc1cc(-c2nc(-c3ccc(F)cc3)[nH]c2-c2ccnc(Nc3cccc(F)c3)n2)cnc1N. The van der Waals surface area contributed by atoms with E-state index in [4.69, 9.17) is 15.5 Å².